The highest BCUT2D eigenvalue weighted by Crippen LogP contribution is 2.21. The minimum atomic E-state index is -0.228. The molecule has 2 atom stereocenters. The highest BCUT2D eigenvalue weighted by molar-refractivity contribution is 7.10. The second-order valence-corrected chi connectivity index (χ2v) is 5.65. The van der Waals surface area contributed by atoms with Crippen molar-refractivity contribution in [2.75, 3.05) is 6.54 Å². The van der Waals surface area contributed by atoms with Crippen LogP contribution in [0.2, 0.25) is 0 Å². The average Bonchev–Trinajstić information content (AvgIpc) is 2.71. The first kappa shape index (κ1) is 13.7. The zero-order valence-electron chi connectivity index (χ0n) is 10.4. The molecule has 0 bridgehead atoms. The van der Waals surface area contributed by atoms with E-state index in [1.165, 1.54) is 4.88 Å². The molecule has 0 aliphatic heterocycles. The number of hydrogen-bond acceptors (Lipinski definition) is 3. The van der Waals surface area contributed by atoms with E-state index in [-0.39, 0.29) is 6.10 Å². The summed E-state index contributed by atoms with van der Waals surface area (Å²) in [7, 11) is 0. The van der Waals surface area contributed by atoms with Crippen LogP contribution >= 0.6 is 11.3 Å². The van der Waals surface area contributed by atoms with Crippen molar-refractivity contribution >= 4 is 11.3 Å². The predicted molar refractivity (Wildman–Crippen MR) is 70.8 cm³/mol. The molecule has 1 rings (SSSR count). The largest absolute Gasteiger partial charge is 0.392 e. The predicted octanol–water partition coefficient (Wildman–Crippen LogP) is 3.20. The van der Waals surface area contributed by atoms with E-state index in [2.05, 4.69) is 43.6 Å². The molecule has 3 heteroatoms. The maximum Gasteiger partial charge on any atom is 0.0667 e. The summed E-state index contributed by atoms with van der Waals surface area (Å²) >= 11 is 1.78. The molecule has 0 aliphatic rings. The van der Waals surface area contributed by atoms with Crippen molar-refractivity contribution in [3.63, 3.8) is 0 Å². The number of aliphatic hydroxyl groups excluding tert-OH is 1. The molecule has 0 fully saturated rings. The molecule has 2 unspecified atom stereocenters. The molecule has 0 radical (unpaired) electrons. The Hall–Kier alpha value is -0.380. The Morgan fingerprint density at radius 2 is 2.19 bits per heavy atom. The lowest BCUT2D eigenvalue weighted by molar-refractivity contribution is 0.142. The van der Waals surface area contributed by atoms with E-state index in [1.807, 2.05) is 0 Å². The van der Waals surface area contributed by atoms with Crippen LogP contribution in [0.4, 0.5) is 0 Å². The summed E-state index contributed by atoms with van der Waals surface area (Å²) in [6, 6.07) is 4.62. The van der Waals surface area contributed by atoms with Crippen molar-refractivity contribution in [2.24, 2.45) is 5.92 Å². The van der Waals surface area contributed by atoms with Crippen LogP contribution in [-0.2, 0) is 0 Å². The van der Waals surface area contributed by atoms with Gasteiger partial charge >= 0.3 is 0 Å². The van der Waals surface area contributed by atoms with Crippen LogP contribution in [-0.4, -0.2) is 17.8 Å². The number of thiophene rings is 1. The lowest BCUT2D eigenvalue weighted by Crippen LogP contribution is -2.30. The van der Waals surface area contributed by atoms with Crippen LogP contribution in [0.5, 0.6) is 0 Å². The molecule has 0 aromatic carbocycles. The van der Waals surface area contributed by atoms with Crippen LogP contribution < -0.4 is 5.32 Å². The van der Waals surface area contributed by atoms with Crippen molar-refractivity contribution in [3.8, 4) is 0 Å². The molecule has 1 aromatic rings. The Morgan fingerprint density at radius 3 is 2.69 bits per heavy atom. The van der Waals surface area contributed by atoms with Gasteiger partial charge in [0.15, 0.2) is 0 Å². The Balaban J connectivity index is 2.35. The molecule has 0 saturated carbocycles. The summed E-state index contributed by atoms with van der Waals surface area (Å²) in [4.78, 5) is 1.36. The van der Waals surface area contributed by atoms with Gasteiger partial charge in [-0.2, -0.15) is 0 Å². The van der Waals surface area contributed by atoms with E-state index in [0.717, 1.165) is 12.8 Å². The van der Waals surface area contributed by atoms with Gasteiger partial charge in [0.2, 0.25) is 0 Å². The Bertz CT molecular complexity index is 271. The second kappa shape index (κ2) is 7.05. The van der Waals surface area contributed by atoms with E-state index in [0.29, 0.717) is 18.5 Å². The van der Waals surface area contributed by atoms with Gasteiger partial charge in [-0.25, -0.2) is 0 Å². The summed E-state index contributed by atoms with van der Waals surface area (Å²) in [5.74, 6) is 0.554. The fourth-order valence-electron chi connectivity index (χ4n) is 1.84. The molecular formula is C13H23NOS. The van der Waals surface area contributed by atoms with Gasteiger partial charge in [0, 0.05) is 17.5 Å². The van der Waals surface area contributed by atoms with Crippen LogP contribution in [0.1, 0.15) is 44.5 Å². The Labute approximate surface area is 103 Å². The van der Waals surface area contributed by atoms with Crippen molar-refractivity contribution in [1.29, 1.82) is 0 Å². The highest BCUT2D eigenvalue weighted by atomic mass is 32.1. The summed E-state index contributed by atoms with van der Waals surface area (Å²) in [6.07, 6.45) is 1.71. The van der Waals surface area contributed by atoms with Crippen LogP contribution in [0.15, 0.2) is 17.5 Å². The lowest BCUT2D eigenvalue weighted by Gasteiger charge is -2.19. The van der Waals surface area contributed by atoms with Crippen LogP contribution in [0.25, 0.3) is 0 Å². The number of nitrogens with one attached hydrogen (secondary N) is 1. The van der Waals surface area contributed by atoms with Gasteiger partial charge in [0.25, 0.3) is 0 Å². The average molecular weight is 241 g/mol. The van der Waals surface area contributed by atoms with E-state index >= 15 is 0 Å². The zero-order chi connectivity index (χ0) is 12.0. The summed E-state index contributed by atoms with van der Waals surface area (Å²) in [5, 5.41) is 15.3. The molecule has 0 saturated heterocycles. The second-order valence-electron chi connectivity index (χ2n) is 4.67. The standard InChI is InChI=1S/C13H23NOS/c1-4-12(13-6-5-7-16-13)14-9-11(15)8-10(2)3/h5-7,10-12,14-15H,4,8-9H2,1-3H3. The zero-order valence-corrected chi connectivity index (χ0v) is 11.3. The molecule has 0 amide bonds. The molecule has 92 valence electrons. The van der Waals surface area contributed by atoms with Gasteiger partial charge < -0.3 is 10.4 Å². The molecule has 16 heavy (non-hydrogen) atoms. The molecule has 0 aliphatic carbocycles. The van der Waals surface area contributed by atoms with Gasteiger partial charge in [-0.15, -0.1) is 11.3 Å². The SMILES string of the molecule is CCC(NCC(O)CC(C)C)c1cccs1. The summed E-state index contributed by atoms with van der Waals surface area (Å²) in [6.45, 7) is 7.14. The van der Waals surface area contributed by atoms with E-state index < -0.39 is 0 Å². The lowest BCUT2D eigenvalue weighted by atomic mass is 10.1. The molecule has 2 nitrogen and oxygen atoms in total. The Morgan fingerprint density at radius 1 is 1.44 bits per heavy atom. The fraction of sp³-hybridized carbons (Fsp3) is 0.692. The van der Waals surface area contributed by atoms with Gasteiger partial charge in [0.1, 0.15) is 0 Å². The summed E-state index contributed by atoms with van der Waals surface area (Å²) in [5.41, 5.74) is 0. The van der Waals surface area contributed by atoms with Gasteiger partial charge in [-0.1, -0.05) is 26.8 Å². The minimum absolute atomic E-state index is 0.228. The van der Waals surface area contributed by atoms with Gasteiger partial charge in [0.05, 0.1) is 6.10 Å². The first-order chi connectivity index (χ1) is 7.63. The maximum absolute atomic E-state index is 9.80. The van der Waals surface area contributed by atoms with Crippen molar-refractivity contribution in [1.82, 2.24) is 5.32 Å². The molecule has 1 heterocycles. The molecule has 2 N–H and O–H groups in total. The van der Waals surface area contributed by atoms with Crippen LogP contribution in [0.3, 0.4) is 0 Å². The summed E-state index contributed by atoms with van der Waals surface area (Å²) < 4.78 is 0. The van der Waals surface area contributed by atoms with E-state index in [9.17, 15) is 5.11 Å². The topological polar surface area (TPSA) is 32.3 Å². The highest BCUT2D eigenvalue weighted by Gasteiger charge is 2.12. The van der Waals surface area contributed by atoms with Gasteiger partial charge in [-0.3, -0.25) is 0 Å². The molecule has 1 aromatic heterocycles. The maximum atomic E-state index is 9.80. The number of rotatable bonds is 7. The van der Waals surface area contributed by atoms with Crippen LogP contribution in [0, 0.1) is 5.92 Å². The minimum Gasteiger partial charge on any atom is -0.392 e. The van der Waals surface area contributed by atoms with Gasteiger partial charge in [-0.05, 0) is 30.2 Å². The smallest absolute Gasteiger partial charge is 0.0667 e. The monoisotopic (exact) mass is 241 g/mol. The third-order valence-electron chi connectivity index (χ3n) is 2.64. The van der Waals surface area contributed by atoms with E-state index in [1.54, 1.807) is 11.3 Å². The van der Waals surface area contributed by atoms with E-state index in [4.69, 9.17) is 0 Å². The first-order valence-electron chi connectivity index (χ1n) is 6.08. The third kappa shape index (κ3) is 4.64. The van der Waals surface area contributed by atoms with Crippen molar-refractivity contribution < 1.29 is 5.11 Å². The normalized spacial score (nSPS) is 15.3. The number of aliphatic hydroxyl groups is 1. The quantitative estimate of drug-likeness (QED) is 0.768. The first-order valence-corrected chi connectivity index (χ1v) is 6.96. The fourth-order valence-corrected chi connectivity index (χ4v) is 2.73. The number of hydrogen-bond donors (Lipinski definition) is 2. The molecule has 0 spiro atoms. The van der Waals surface area contributed by atoms with Crippen molar-refractivity contribution in [2.45, 2.75) is 45.8 Å². The van der Waals surface area contributed by atoms with Crippen molar-refractivity contribution in [3.05, 3.63) is 22.4 Å². The molecular weight excluding hydrogens is 218 g/mol. The Kier molecular flexibility index (Phi) is 6.03. The third-order valence-corrected chi connectivity index (χ3v) is 3.62.